The quantitative estimate of drug-likeness (QED) is 0.803. The molecule has 0 heterocycles. The molecule has 3 rings (SSSR count). The van der Waals surface area contributed by atoms with E-state index in [1.807, 2.05) is 0 Å². The Morgan fingerprint density at radius 3 is 2.08 bits per heavy atom. The van der Waals surface area contributed by atoms with E-state index in [-0.39, 0.29) is 0 Å². The summed E-state index contributed by atoms with van der Waals surface area (Å²) in [5, 5.41) is 2.65. The topological polar surface area (TPSA) is 72.5 Å². The van der Waals surface area contributed by atoms with Crippen LogP contribution in [0, 0.1) is 0 Å². The third-order valence-corrected chi connectivity index (χ3v) is 3.58. The normalized spacial score (nSPS) is 13.1. The maximum absolute atomic E-state index is 12.2. The molecule has 122 valence electrons. The molecule has 1 amide bonds. The molecule has 2 aromatic carbocycles. The fraction of sp³-hybridized carbons (Fsp3) is 0.211. The second-order valence-corrected chi connectivity index (χ2v) is 6.59. The van der Waals surface area contributed by atoms with Gasteiger partial charge in [-0.05, 0) is 50.1 Å². The molecular formula is C19H17NO4. The van der Waals surface area contributed by atoms with Crippen LogP contribution < -0.4 is 5.32 Å². The number of anilines is 1. The summed E-state index contributed by atoms with van der Waals surface area (Å²) in [6, 6.07) is 11.8. The highest BCUT2D eigenvalue weighted by Crippen LogP contribution is 2.35. The van der Waals surface area contributed by atoms with Crippen molar-refractivity contribution in [3.05, 3.63) is 53.6 Å². The second kappa shape index (κ2) is 5.60. The molecule has 5 nitrogen and oxygen atoms in total. The van der Waals surface area contributed by atoms with E-state index in [2.05, 4.69) is 5.32 Å². The van der Waals surface area contributed by atoms with Gasteiger partial charge < -0.3 is 4.74 Å². The molecule has 1 N–H and O–H groups in total. The lowest BCUT2D eigenvalue weighted by molar-refractivity contribution is 0.0635. The number of Topliss-reactive ketones (excluding diaryl/α,β-unsaturated/α-hetero) is 2. The standard InChI is InChI=1S/C19H17NO4/c1-19(2,3)24-18(23)20-11-8-9-14-15(10-11)12-6-4-5-7-13(12)16(21)17(14)22/h4-10H,1-3H3,(H,20,23). The number of ether oxygens (including phenoxy) is 1. The molecule has 0 aromatic heterocycles. The van der Waals surface area contributed by atoms with Gasteiger partial charge in [-0.15, -0.1) is 0 Å². The van der Waals surface area contributed by atoms with Crippen molar-refractivity contribution in [2.75, 3.05) is 5.32 Å². The third-order valence-electron chi connectivity index (χ3n) is 3.58. The molecule has 1 aliphatic rings. The fourth-order valence-electron chi connectivity index (χ4n) is 2.62. The first-order valence-corrected chi connectivity index (χ1v) is 7.59. The Bertz CT molecular complexity index is 862. The first kappa shape index (κ1) is 15.9. The van der Waals surface area contributed by atoms with E-state index in [9.17, 15) is 14.4 Å². The number of nitrogens with one attached hydrogen (secondary N) is 1. The molecule has 0 atom stereocenters. The molecule has 0 saturated heterocycles. The van der Waals surface area contributed by atoms with Crippen molar-refractivity contribution < 1.29 is 19.1 Å². The van der Waals surface area contributed by atoms with Crippen LogP contribution in [0.4, 0.5) is 10.5 Å². The van der Waals surface area contributed by atoms with Crippen LogP contribution in [0.1, 0.15) is 41.5 Å². The van der Waals surface area contributed by atoms with Crippen molar-refractivity contribution in [1.82, 2.24) is 0 Å². The first-order chi connectivity index (χ1) is 11.3. The molecule has 24 heavy (non-hydrogen) atoms. The van der Waals surface area contributed by atoms with Gasteiger partial charge in [-0.1, -0.05) is 24.3 Å². The zero-order valence-electron chi connectivity index (χ0n) is 13.7. The fourth-order valence-corrected chi connectivity index (χ4v) is 2.62. The number of ketones is 2. The molecule has 0 unspecified atom stereocenters. The average Bonchev–Trinajstić information content (AvgIpc) is 2.50. The van der Waals surface area contributed by atoms with Crippen LogP contribution >= 0.6 is 0 Å². The molecule has 1 aliphatic carbocycles. The van der Waals surface area contributed by atoms with Crippen molar-refractivity contribution in [3.8, 4) is 11.1 Å². The minimum Gasteiger partial charge on any atom is -0.444 e. The summed E-state index contributed by atoms with van der Waals surface area (Å²) in [6.07, 6.45) is -0.575. The van der Waals surface area contributed by atoms with E-state index in [1.54, 1.807) is 63.2 Å². The largest absolute Gasteiger partial charge is 0.444 e. The van der Waals surface area contributed by atoms with Gasteiger partial charge in [-0.25, -0.2) is 4.79 Å². The van der Waals surface area contributed by atoms with Crippen LogP contribution in [0.25, 0.3) is 11.1 Å². The van der Waals surface area contributed by atoms with Gasteiger partial charge >= 0.3 is 6.09 Å². The Morgan fingerprint density at radius 1 is 0.875 bits per heavy atom. The molecule has 0 bridgehead atoms. The van der Waals surface area contributed by atoms with Gasteiger partial charge in [0.15, 0.2) is 0 Å². The molecule has 0 spiro atoms. The summed E-state index contributed by atoms with van der Waals surface area (Å²) in [5.41, 5.74) is 1.93. The minimum absolute atomic E-state index is 0.341. The van der Waals surface area contributed by atoms with Gasteiger partial charge in [0.25, 0.3) is 0 Å². The maximum atomic E-state index is 12.2. The van der Waals surface area contributed by atoms with Gasteiger partial charge in [-0.2, -0.15) is 0 Å². The number of amides is 1. The van der Waals surface area contributed by atoms with Crippen molar-refractivity contribution in [3.63, 3.8) is 0 Å². The Labute approximate surface area is 139 Å². The second-order valence-electron chi connectivity index (χ2n) is 6.59. The molecule has 0 radical (unpaired) electrons. The molecule has 0 fully saturated rings. The Balaban J connectivity index is 1.98. The zero-order chi connectivity index (χ0) is 17.5. The average molecular weight is 323 g/mol. The summed E-state index contributed by atoms with van der Waals surface area (Å²) in [5.74, 6) is -1.04. The van der Waals surface area contributed by atoms with Crippen molar-refractivity contribution in [2.45, 2.75) is 26.4 Å². The van der Waals surface area contributed by atoms with Gasteiger partial charge in [0.2, 0.25) is 11.6 Å². The smallest absolute Gasteiger partial charge is 0.412 e. The highest BCUT2D eigenvalue weighted by molar-refractivity contribution is 6.53. The van der Waals surface area contributed by atoms with Gasteiger partial charge in [0.1, 0.15) is 5.60 Å². The Hall–Kier alpha value is -2.95. The predicted octanol–water partition coefficient (Wildman–Crippen LogP) is 4.08. The lowest BCUT2D eigenvalue weighted by Gasteiger charge is -2.21. The van der Waals surface area contributed by atoms with E-state index < -0.39 is 23.3 Å². The molecule has 0 aliphatic heterocycles. The number of rotatable bonds is 1. The number of benzene rings is 2. The van der Waals surface area contributed by atoms with Crippen molar-refractivity contribution in [1.29, 1.82) is 0 Å². The Morgan fingerprint density at radius 2 is 1.46 bits per heavy atom. The van der Waals surface area contributed by atoms with Gasteiger partial charge in [-0.3, -0.25) is 14.9 Å². The van der Waals surface area contributed by atoms with Crippen LogP contribution in [0.5, 0.6) is 0 Å². The van der Waals surface area contributed by atoms with Crippen LogP contribution in [0.3, 0.4) is 0 Å². The van der Waals surface area contributed by atoms with Crippen molar-refractivity contribution in [2.24, 2.45) is 0 Å². The molecule has 5 heteroatoms. The molecular weight excluding hydrogens is 306 g/mol. The number of fused-ring (bicyclic) bond motifs is 3. The van der Waals surface area contributed by atoms with Crippen LogP contribution in [-0.2, 0) is 4.74 Å². The summed E-state index contributed by atoms with van der Waals surface area (Å²) in [7, 11) is 0. The molecule has 0 saturated carbocycles. The summed E-state index contributed by atoms with van der Waals surface area (Å²) >= 11 is 0. The SMILES string of the molecule is CC(C)(C)OC(=O)Nc1ccc2c(c1)-c1ccccc1C(=O)C2=O. The number of hydrogen-bond donors (Lipinski definition) is 1. The summed E-state index contributed by atoms with van der Waals surface area (Å²) in [6.45, 7) is 5.33. The summed E-state index contributed by atoms with van der Waals surface area (Å²) < 4.78 is 5.22. The van der Waals surface area contributed by atoms with E-state index in [4.69, 9.17) is 4.74 Å². The number of hydrogen-bond acceptors (Lipinski definition) is 4. The third kappa shape index (κ3) is 2.93. The maximum Gasteiger partial charge on any atom is 0.412 e. The van der Waals surface area contributed by atoms with Crippen LogP contribution in [-0.4, -0.2) is 23.3 Å². The molecule has 2 aromatic rings. The summed E-state index contributed by atoms with van der Waals surface area (Å²) in [4.78, 5) is 36.3. The van der Waals surface area contributed by atoms with E-state index in [1.165, 1.54) is 0 Å². The monoisotopic (exact) mass is 323 g/mol. The van der Waals surface area contributed by atoms with E-state index >= 15 is 0 Å². The predicted molar refractivity (Wildman–Crippen MR) is 90.4 cm³/mol. The van der Waals surface area contributed by atoms with Crippen LogP contribution in [0.15, 0.2) is 42.5 Å². The number of carbonyl (C=O) groups is 3. The minimum atomic E-state index is -0.604. The number of carbonyl (C=O) groups excluding carboxylic acids is 3. The highest BCUT2D eigenvalue weighted by Gasteiger charge is 2.30. The Kier molecular flexibility index (Phi) is 3.72. The lowest BCUT2D eigenvalue weighted by atomic mass is 9.84. The van der Waals surface area contributed by atoms with Crippen LogP contribution in [0.2, 0.25) is 0 Å². The first-order valence-electron chi connectivity index (χ1n) is 7.59. The van der Waals surface area contributed by atoms with Gasteiger partial charge in [0, 0.05) is 16.8 Å². The van der Waals surface area contributed by atoms with E-state index in [0.29, 0.717) is 27.9 Å². The van der Waals surface area contributed by atoms with Crippen molar-refractivity contribution >= 4 is 23.3 Å². The zero-order valence-corrected chi connectivity index (χ0v) is 13.7. The highest BCUT2D eigenvalue weighted by atomic mass is 16.6. The van der Waals surface area contributed by atoms with Gasteiger partial charge in [0.05, 0.1) is 0 Å². The van der Waals surface area contributed by atoms with E-state index in [0.717, 1.165) is 0 Å². The lowest BCUT2D eigenvalue weighted by Crippen LogP contribution is -2.27.